The van der Waals surface area contributed by atoms with E-state index in [1.165, 1.54) is 7.11 Å². The number of hydrogen-bond donors (Lipinski definition) is 2. The van der Waals surface area contributed by atoms with Gasteiger partial charge in [0.25, 0.3) is 5.91 Å². The molecule has 7 nitrogen and oxygen atoms in total. The van der Waals surface area contributed by atoms with Crippen molar-refractivity contribution < 1.29 is 29.0 Å². The molecule has 33 heavy (non-hydrogen) atoms. The minimum atomic E-state index is -0.751. The van der Waals surface area contributed by atoms with E-state index in [2.05, 4.69) is 5.32 Å². The third-order valence-electron chi connectivity index (χ3n) is 5.78. The summed E-state index contributed by atoms with van der Waals surface area (Å²) in [4.78, 5) is 35.8. The number of carboxylic acid groups (broad SMARTS) is 1. The molecule has 0 aliphatic heterocycles. The lowest BCUT2D eigenvalue weighted by Crippen LogP contribution is -2.28. The van der Waals surface area contributed by atoms with Crippen LogP contribution >= 0.6 is 11.6 Å². The average Bonchev–Trinajstić information content (AvgIpc) is 2.82. The van der Waals surface area contributed by atoms with Crippen LogP contribution in [0.15, 0.2) is 42.5 Å². The number of nitrogens with one attached hydrogen (secondary N) is 1. The summed E-state index contributed by atoms with van der Waals surface area (Å²) in [5.41, 5.74) is 1.03. The fourth-order valence-electron chi connectivity index (χ4n) is 3.84. The standard InChI is InChI=1S/C25H28ClNO6/c1-32-23-15-18(8-13-22(23)33-20-11-6-17(7-12-20)25(30)31)21(28)3-2-14-27-24(29)16-4-9-19(26)10-5-16/h4-5,8-10,13,15,17,20H,2-3,6-7,11-12,14H2,1H3,(H,27,29)(H,30,31). The number of Topliss-reactive ketones (excluding diaryl/α,β-unsaturated/α-hetero) is 1. The summed E-state index contributed by atoms with van der Waals surface area (Å²) < 4.78 is 11.4. The number of carbonyl (C=O) groups excluding carboxylic acids is 2. The molecule has 0 atom stereocenters. The van der Waals surface area contributed by atoms with Crippen LogP contribution in [0.2, 0.25) is 5.02 Å². The Morgan fingerprint density at radius 3 is 2.30 bits per heavy atom. The van der Waals surface area contributed by atoms with Crippen molar-refractivity contribution in [2.75, 3.05) is 13.7 Å². The number of hydrogen-bond acceptors (Lipinski definition) is 5. The first-order chi connectivity index (χ1) is 15.9. The van der Waals surface area contributed by atoms with Crippen molar-refractivity contribution in [2.24, 2.45) is 5.92 Å². The highest BCUT2D eigenvalue weighted by Crippen LogP contribution is 2.33. The summed E-state index contributed by atoms with van der Waals surface area (Å²) in [6, 6.07) is 11.7. The molecule has 176 valence electrons. The Balaban J connectivity index is 1.48. The molecule has 1 aliphatic carbocycles. The first-order valence-electron chi connectivity index (χ1n) is 11.0. The normalized spacial score (nSPS) is 17.8. The molecule has 1 saturated carbocycles. The molecule has 0 saturated heterocycles. The molecule has 2 N–H and O–H groups in total. The van der Waals surface area contributed by atoms with E-state index in [1.54, 1.807) is 42.5 Å². The van der Waals surface area contributed by atoms with Crippen molar-refractivity contribution in [2.45, 2.75) is 44.6 Å². The van der Waals surface area contributed by atoms with Crippen molar-refractivity contribution >= 4 is 29.3 Å². The van der Waals surface area contributed by atoms with Gasteiger partial charge in [-0.25, -0.2) is 0 Å². The number of carboxylic acids is 1. The number of aliphatic carboxylic acids is 1. The molecular weight excluding hydrogens is 446 g/mol. The second kappa shape index (κ2) is 11.7. The monoisotopic (exact) mass is 473 g/mol. The molecule has 0 bridgehead atoms. The molecule has 1 fully saturated rings. The quantitative estimate of drug-likeness (QED) is 0.381. The second-order valence-corrected chi connectivity index (χ2v) is 8.52. The lowest BCUT2D eigenvalue weighted by Gasteiger charge is -2.27. The Hall–Kier alpha value is -3.06. The van der Waals surface area contributed by atoms with E-state index in [9.17, 15) is 14.4 Å². The summed E-state index contributed by atoms with van der Waals surface area (Å²) >= 11 is 5.83. The van der Waals surface area contributed by atoms with Crippen LogP contribution in [0.25, 0.3) is 0 Å². The van der Waals surface area contributed by atoms with Crippen molar-refractivity contribution in [3.8, 4) is 11.5 Å². The van der Waals surface area contributed by atoms with Gasteiger partial charge in [-0.15, -0.1) is 0 Å². The third-order valence-corrected chi connectivity index (χ3v) is 6.03. The predicted octanol–water partition coefficient (Wildman–Crippen LogP) is 4.76. The van der Waals surface area contributed by atoms with Gasteiger partial charge in [0, 0.05) is 29.1 Å². The lowest BCUT2D eigenvalue weighted by atomic mass is 9.87. The van der Waals surface area contributed by atoms with Gasteiger partial charge in [-0.1, -0.05) is 11.6 Å². The number of ketones is 1. The Bertz CT molecular complexity index is 983. The van der Waals surface area contributed by atoms with E-state index in [-0.39, 0.29) is 30.1 Å². The van der Waals surface area contributed by atoms with Gasteiger partial charge in [0.2, 0.25) is 0 Å². The summed E-state index contributed by atoms with van der Waals surface area (Å²) in [5, 5.41) is 12.5. The van der Waals surface area contributed by atoms with E-state index < -0.39 is 5.97 Å². The largest absolute Gasteiger partial charge is 0.493 e. The van der Waals surface area contributed by atoms with Crippen LogP contribution < -0.4 is 14.8 Å². The molecular formula is C25H28ClNO6. The van der Waals surface area contributed by atoms with Crippen LogP contribution in [0, 0.1) is 5.92 Å². The third kappa shape index (κ3) is 6.96. The van der Waals surface area contributed by atoms with E-state index in [1.807, 2.05) is 0 Å². The second-order valence-electron chi connectivity index (χ2n) is 8.08. The molecule has 0 unspecified atom stereocenters. The molecule has 2 aromatic rings. The van der Waals surface area contributed by atoms with Gasteiger partial charge in [0.15, 0.2) is 17.3 Å². The summed E-state index contributed by atoms with van der Waals surface area (Å²) in [6.45, 7) is 0.380. The molecule has 0 aromatic heterocycles. The van der Waals surface area contributed by atoms with E-state index in [0.717, 1.165) is 0 Å². The minimum Gasteiger partial charge on any atom is -0.493 e. The zero-order valence-electron chi connectivity index (χ0n) is 18.5. The molecule has 1 amide bonds. The van der Waals surface area contributed by atoms with E-state index in [0.29, 0.717) is 66.3 Å². The number of rotatable bonds is 10. The molecule has 0 heterocycles. The van der Waals surface area contributed by atoms with Crippen molar-refractivity contribution in [3.05, 3.63) is 58.6 Å². The van der Waals surface area contributed by atoms with Gasteiger partial charge in [0.1, 0.15) is 0 Å². The van der Waals surface area contributed by atoms with Crippen LogP contribution in [-0.2, 0) is 4.79 Å². The van der Waals surface area contributed by atoms with Gasteiger partial charge in [-0.3, -0.25) is 14.4 Å². The molecule has 3 rings (SSSR count). The van der Waals surface area contributed by atoms with E-state index >= 15 is 0 Å². The number of carbonyl (C=O) groups is 3. The number of ether oxygens (including phenoxy) is 2. The molecule has 0 radical (unpaired) electrons. The number of methoxy groups -OCH3 is 1. The first-order valence-corrected chi connectivity index (χ1v) is 11.4. The lowest BCUT2D eigenvalue weighted by molar-refractivity contribution is -0.143. The minimum absolute atomic E-state index is 0.0532. The van der Waals surface area contributed by atoms with Crippen LogP contribution in [0.3, 0.4) is 0 Å². The Morgan fingerprint density at radius 1 is 1.00 bits per heavy atom. The van der Waals surface area contributed by atoms with E-state index in [4.69, 9.17) is 26.2 Å². The Morgan fingerprint density at radius 2 is 1.67 bits per heavy atom. The highest BCUT2D eigenvalue weighted by Gasteiger charge is 2.27. The number of halogens is 1. The molecule has 0 spiro atoms. The predicted molar refractivity (Wildman–Crippen MR) is 124 cm³/mol. The fourth-order valence-corrected chi connectivity index (χ4v) is 3.97. The number of amides is 1. The van der Waals surface area contributed by atoms with Gasteiger partial charge in [-0.2, -0.15) is 0 Å². The topological polar surface area (TPSA) is 102 Å². The zero-order valence-corrected chi connectivity index (χ0v) is 19.3. The van der Waals surface area contributed by atoms with Crippen molar-refractivity contribution in [3.63, 3.8) is 0 Å². The highest BCUT2D eigenvalue weighted by molar-refractivity contribution is 6.30. The summed E-state index contributed by atoms with van der Waals surface area (Å²) in [5.74, 6) is -0.302. The Labute approximate surface area is 198 Å². The molecule has 2 aromatic carbocycles. The maximum absolute atomic E-state index is 12.6. The Kier molecular flexibility index (Phi) is 8.72. The summed E-state index contributed by atoms with van der Waals surface area (Å²) in [6.07, 6.45) is 3.24. The van der Waals surface area contributed by atoms with Crippen molar-refractivity contribution in [1.29, 1.82) is 0 Å². The van der Waals surface area contributed by atoms with Gasteiger partial charge >= 0.3 is 5.97 Å². The fraction of sp³-hybridized carbons (Fsp3) is 0.400. The zero-order chi connectivity index (χ0) is 23.8. The molecule has 1 aliphatic rings. The maximum atomic E-state index is 12.6. The SMILES string of the molecule is COc1cc(C(=O)CCCNC(=O)c2ccc(Cl)cc2)ccc1OC1CCC(C(=O)O)CC1. The van der Waals surface area contributed by atoms with Gasteiger partial charge in [-0.05, 0) is 74.6 Å². The number of benzene rings is 2. The van der Waals surface area contributed by atoms with Crippen molar-refractivity contribution in [1.82, 2.24) is 5.32 Å². The van der Waals surface area contributed by atoms with Crippen LogP contribution in [0.1, 0.15) is 59.2 Å². The average molecular weight is 474 g/mol. The molecule has 8 heteroatoms. The van der Waals surface area contributed by atoms with Crippen LogP contribution in [0.5, 0.6) is 11.5 Å². The highest BCUT2D eigenvalue weighted by atomic mass is 35.5. The van der Waals surface area contributed by atoms with Gasteiger partial charge < -0.3 is 19.9 Å². The maximum Gasteiger partial charge on any atom is 0.306 e. The summed E-state index contributed by atoms with van der Waals surface area (Å²) in [7, 11) is 1.52. The smallest absolute Gasteiger partial charge is 0.306 e. The van der Waals surface area contributed by atoms with Gasteiger partial charge in [0.05, 0.1) is 19.1 Å². The van der Waals surface area contributed by atoms with Crippen LogP contribution in [0.4, 0.5) is 0 Å². The van der Waals surface area contributed by atoms with Crippen LogP contribution in [-0.4, -0.2) is 42.5 Å². The first kappa shape index (κ1) is 24.6.